The number of alkyl halides is 2. The van der Waals surface area contributed by atoms with Crippen molar-refractivity contribution in [3.05, 3.63) is 52.8 Å². The number of halogens is 4. The fraction of sp³-hybridized carbons (Fsp3) is 0.278. The third-order valence-electron chi connectivity index (χ3n) is 4.10. The van der Waals surface area contributed by atoms with E-state index in [0.717, 1.165) is 5.56 Å². The zero-order valence-electron chi connectivity index (χ0n) is 14.4. The largest absolute Gasteiger partial charge is 0.493 e. The Morgan fingerprint density at radius 3 is 2.70 bits per heavy atom. The fourth-order valence-electron chi connectivity index (χ4n) is 2.83. The van der Waals surface area contributed by atoms with Crippen LogP contribution in [0.5, 0.6) is 11.5 Å². The molecule has 1 amide bonds. The van der Waals surface area contributed by atoms with Crippen molar-refractivity contribution in [2.45, 2.75) is 19.6 Å². The molecule has 2 aromatic rings. The minimum absolute atomic E-state index is 0. The first-order chi connectivity index (χ1) is 12.5. The molecule has 0 spiro atoms. The van der Waals surface area contributed by atoms with Crippen LogP contribution in [0.1, 0.15) is 21.5 Å². The van der Waals surface area contributed by atoms with Crippen LogP contribution in [-0.2, 0) is 13.0 Å². The number of benzene rings is 2. The van der Waals surface area contributed by atoms with Gasteiger partial charge in [0.05, 0.1) is 12.8 Å². The summed E-state index contributed by atoms with van der Waals surface area (Å²) in [6, 6.07) is 7.03. The van der Waals surface area contributed by atoms with Crippen LogP contribution in [0.3, 0.4) is 0 Å². The van der Waals surface area contributed by atoms with E-state index in [1.165, 1.54) is 31.4 Å². The second-order valence-electron chi connectivity index (χ2n) is 5.69. The van der Waals surface area contributed by atoms with E-state index in [4.69, 9.17) is 4.74 Å². The van der Waals surface area contributed by atoms with Crippen LogP contribution in [0.25, 0.3) is 0 Å². The lowest BCUT2D eigenvalue weighted by atomic mass is 9.99. The summed E-state index contributed by atoms with van der Waals surface area (Å²) in [7, 11) is 1.27. The SMILES string of the molecule is COc1cc(C(=O)Nc2ccc3c(c2F)CCNC3)ccc1OC(F)F.Cl. The summed E-state index contributed by atoms with van der Waals surface area (Å²) >= 11 is 0. The number of fused-ring (bicyclic) bond motifs is 1. The van der Waals surface area contributed by atoms with E-state index in [-0.39, 0.29) is 35.2 Å². The molecule has 0 fully saturated rings. The zero-order chi connectivity index (χ0) is 18.7. The summed E-state index contributed by atoms with van der Waals surface area (Å²) in [5, 5.41) is 5.66. The van der Waals surface area contributed by atoms with Gasteiger partial charge in [0.25, 0.3) is 5.91 Å². The van der Waals surface area contributed by atoms with Crippen LogP contribution in [0.2, 0.25) is 0 Å². The van der Waals surface area contributed by atoms with Crippen molar-refractivity contribution in [3.63, 3.8) is 0 Å². The van der Waals surface area contributed by atoms with Crippen molar-refractivity contribution in [2.75, 3.05) is 19.0 Å². The smallest absolute Gasteiger partial charge is 0.387 e. The number of hydrogen-bond acceptors (Lipinski definition) is 4. The maximum atomic E-state index is 14.6. The van der Waals surface area contributed by atoms with Gasteiger partial charge in [-0.05, 0) is 48.4 Å². The number of rotatable bonds is 5. The molecule has 0 radical (unpaired) electrons. The highest BCUT2D eigenvalue weighted by Crippen LogP contribution is 2.30. The molecule has 0 unspecified atom stereocenters. The van der Waals surface area contributed by atoms with Crippen molar-refractivity contribution >= 4 is 24.0 Å². The molecule has 9 heteroatoms. The summed E-state index contributed by atoms with van der Waals surface area (Å²) in [5.74, 6) is -1.25. The molecule has 2 aromatic carbocycles. The fourth-order valence-corrected chi connectivity index (χ4v) is 2.83. The maximum Gasteiger partial charge on any atom is 0.387 e. The van der Waals surface area contributed by atoms with E-state index in [2.05, 4.69) is 15.4 Å². The Morgan fingerprint density at radius 2 is 2.00 bits per heavy atom. The summed E-state index contributed by atoms with van der Waals surface area (Å²) in [5.41, 5.74) is 1.64. The lowest BCUT2D eigenvalue weighted by Crippen LogP contribution is -2.25. The number of amides is 1. The number of hydrogen-bond donors (Lipinski definition) is 2. The van der Waals surface area contributed by atoms with E-state index in [9.17, 15) is 18.0 Å². The van der Waals surface area contributed by atoms with Crippen molar-refractivity contribution in [2.24, 2.45) is 0 Å². The lowest BCUT2D eigenvalue weighted by Gasteiger charge is -2.19. The van der Waals surface area contributed by atoms with Gasteiger partial charge in [0.1, 0.15) is 5.82 Å². The molecule has 2 N–H and O–H groups in total. The van der Waals surface area contributed by atoms with Crippen molar-refractivity contribution in [3.8, 4) is 11.5 Å². The molecular weight excluding hydrogens is 385 g/mol. The van der Waals surface area contributed by atoms with Crippen LogP contribution >= 0.6 is 12.4 Å². The number of anilines is 1. The van der Waals surface area contributed by atoms with Gasteiger partial charge in [-0.1, -0.05) is 6.07 Å². The van der Waals surface area contributed by atoms with Gasteiger partial charge in [0, 0.05) is 12.1 Å². The molecule has 3 rings (SSSR count). The molecule has 1 aliphatic heterocycles. The lowest BCUT2D eigenvalue weighted by molar-refractivity contribution is -0.0512. The van der Waals surface area contributed by atoms with Crippen LogP contribution in [0, 0.1) is 5.82 Å². The topological polar surface area (TPSA) is 59.6 Å². The average Bonchev–Trinajstić information content (AvgIpc) is 2.64. The van der Waals surface area contributed by atoms with E-state index in [1.54, 1.807) is 6.07 Å². The number of carbonyl (C=O) groups excluding carboxylic acids is 1. The highest BCUT2D eigenvalue weighted by atomic mass is 35.5. The molecular formula is C18H18ClF3N2O3. The van der Waals surface area contributed by atoms with E-state index < -0.39 is 18.3 Å². The molecule has 0 aromatic heterocycles. The Kier molecular flexibility index (Phi) is 6.92. The molecule has 0 atom stereocenters. The van der Waals surface area contributed by atoms with E-state index >= 15 is 0 Å². The molecule has 0 aliphatic carbocycles. The monoisotopic (exact) mass is 402 g/mol. The molecule has 0 saturated carbocycles. The Balaban J connectivity index is 0.00000261. The summed E-state index contributed by atoms with van der Waals surface area (Å²) in [6.45, 7) is -1.75. The summed E-state index contributed by atoms with van der Waals surface area (Å²) in [4.78, 5) is 12.4. The zero-order valence-corrected chi connectivity index (χ0v) is 15.2. The number of carbonyl (C=O) groups is 1. The highest BCUT2D eigenvalue weighted by molar-refractivity contribution is 6.04. The molecule has 0 bridgehead atoms. The number of ether oxygens (including phenoxy) is 2. The molecule has 5 nitrogen and oxygen atoms in total. The minimum Gasteiger partial charge on any atom is -0.493 e. The van der Waals surface area contributed by atoms with Crippen LogP contribution in [0.15, 0.2) is 30.3 Å². The van der Waals surface area contributed by atoms with Gasteiger partial charge in [0.15, 0.2) is 11.5 Å². The van der Waals surface area contributed by atoms with Gasteiger partial charge >= 0.3 is 6.61 Å². The summed E-state index contributed by atoms with van der Waals surface area (Å²) < 4.78 is 48.6. The van der Waals surface area contributed by atoms with E-state index in [0.29, 0.717) is 25.1 Å². The molecule has 1 aliphatic rings. The standard InChI is InChI=1S/C18H17F3N2O3.ClH/c1-25-15-8-10(3-5-14(15)26-18(20)21)17(24)23-13-4-2-11-9-22-7-6-12(11)16(13)19;/h2-5,8,18,22H,6-7,9H2,1H3,(H,23,24);1H. The Bertz CT molecular complexity index is 834. The maximum absolute atomic E-state index is 14.6. The predicted molar refractivity (Wildman–Crippen MR) is 96.6 cm³/mol. The minimum atomic E-state index is -3.01. The first-order valence-electron chi connectivity index (χ1n) is 7.94. The number of methoxy groups -OCH3 is 1. The van der Waals surface area contributed by atoms with Gasteiger partial charge < -0.3 is 20.1 Å². The van der Waals surface area contributed by atoms with Crippen molar-refractivity contribution < 1.29 is 27.4 Å². The predicted octanol–water partition coefficient (Wildman–Crippen LogP) is 3.76. The second-order valence-corrected chi connectivity index (χ2v) is 5.69. The summed E-state index contributed by atoms with van der Waals surface area (Å²) in [6.07, 6.45) is 0.540. The average molecular weight is 403 g/mol. The van der Waals surface area contributed by atoms with Gasteiger partial charge in [0.2, 0.25) is 0 Å². The van der Waals surface area contributed by atoms with E-state index in [1.807, 2.05) is 0 Å². The Hall–Kier alpha value is -2.45. The van der Waals surface area contributed by atoms with Gasteiger partial charge in [-0.2, -0.15) is 8.78 Å². The number of nitrogens with one attached hydrogen (secondary N) is 2. The third-order valence-corrected chi connectivity index (χ3v) is 4.10. The molecule has 0 saturated heterocycles. The van der Waals surface area contributed by atoms with Gasteiger partial charge in [-0.3, -0.25) is 4.79 Å². The first kappa shape index (κ1) is 20.9. The second kappa shape index (κ2) is 8.96. The van der Waals surface area contributed by atoms with Gasteiger partial charge in [-0.25, -0.2) is 4.39 Å². The van der Waals surface area contributed by atoms with Crippen LogP contribution in [-0.4, -0.2) is 26.2 Å². The molecule has 1 heterocycles. The third kappa shape index (κ3) is 4.64. The quantitative estimate of drug-likeness (QED) is 0.799. The Morgan fingerprint density at radius 1 is 1.22 bits per heavy atom. The van der Waals surface area contributed by atoms with Crippen molar-refractivity contribution in [1.29, 1.82) is 0 Å². The van der Waals surface area contributed by atoms with Gasteiger partial charge in [-0.15, -0.1) is 12.4 Å². The van der Waals surface area contributed by atoms with Crippen molar-refractivity contribution in [1.82, 2.24) is 5.32 Å². The first-order valence-corrected chi connectivity index (χ1v) is 7.94. The van der Waals surface area contributed by atoms with Crippen LogP contribution in [0.4, 0.5) is 18.9 Å². The highest BCUT2D eigenvalue weighted by Gasteiger charge is 2.19. The van der Waals surface area contributed by atoms with Crippen LogP contribution < -0.4 is 20.1 Å². The molecule has 146 valence electrons. The normalized spacial score (nSPS) is 12.8. The molecule has 27 heavy (non-hydrogen) atoms. The Labute approximate surface area is 160 Å².